The monoisotopic (exact) mass is 492 g/mol. The topological polar surface area (TPSA) is 83.6 Å². The van der Waals surface area contributed by atoms with E-state index in [0.29, 0.717) is 16.9 Å². The summed E-state index contributed by atoms with van der Waals surface area (Å²) in [7, 11) is 0. The largest absolute Gasteiger partial charge is 0.444 e. The van der Waals surface area contributed by atoms with Crippen molar-refractivity contribution in [1.29, 1.82) is 0 Å². The number of benzene rings is 2. The maximum Gasteiger partial charge on any atom is 0.412 e. The minimum atomic E-state index is -0.615. The van der Waals surface area contributed by atoms with Gasteiger partial charge in [0.2, 0.25) is 0 Å². The fourth-order valence-corrected chi connectivity index (χ4v) is 4.89. The van der Waals surface area contributed by atoms with Gasteiger partial charge in [-0.1, -0.05) is 30.7 Å². The summed E-state index contributed by atoms with van der Waals surface area (Å²) in [4.78, 5) is 33.4. The summed E-state index contributed by atoms with van der Waals surface area (Å²) in [5.41, 5.74) is 1.86. The van der Waals surface area contributed by atoms with Gasteiger partial charge in [-0.25, -0.2) is 9.78 Å². The first-order valence-electron chi connectivity index (χ1n) is 11.9. The molecule has 4 rings (SSSR count). The normalized spacial score (nSPS) is 14.4. The van der Waals surface area contributed by atoms with E-state index < -0.39 is 11.7 Å². The summed E-state index contributed by atoms with van der Waals surface area (Å²) in [6.45, 7) is 8.66. The van der Waals surface area contributed by atoms with Gasteiger partial charge in [0.1, 0.15) is 10.6 Å². The van der Waals surface area contributed by atoms with Crippen LogP contribution in [0.2, 0.25) is 0 Å². The van der Waals surface area contributed by atoms with E-state index in [2.05, 4.69) is 20.5 Å². The zero-order valence-electron chi connectivity index (χ0n) is 20.5. The Kier molecular flexibility index (Phi) is 7.83. The van der Waals surface area contributed by atoms with Crippen LogP contribution in [0.3, 0.4) is 0 Å². The molecule has 2 aromatic carbocycles. The van der Waals surface area contributed by atoms with Gasteiger partial charge < -0.3 is 10.1 Å². The van der Waals surface area contributed by atoms with E-state index in [-0.39, 0.29) is 5.91 Å². The van der Waals surface area contributed by atoms with E-state index in [9.17, 15) is 9.59 Å². The summed E-state index contributed by atoms with van der Waals surface area (Å²) < 4.78 is 5.32. The molecule has 1 aromatic heterocycles. The van der Waals surface area contributed by atoms with Gasteiger partial charge in [0, 0.05) is 28.7 Å². The molecule has 0 bridgehead atoms. The van der Waals surface area contributed by atoms with Gasteiger partial charge >= 0.3 is 6.09 Å². The van der Waals surface area contributed by atoms with Crippen LogP contribution in [-0.2, 0) is 11.3 Å². The lowest BCUT2D eigenvalue weighted by Crippen LogP contribution is -2.28. The van der Waals surface area contributed by atoms with E-state index in [1.165, 1.54) is 24.1 Å². The number of carbonyl (C=O) groups is 2. The van der Waals surface area contributed by atoms with Crippen molar-refractivity contribution in [3.8, 4) is 10.6 Å². The maximum absolute atomic E-state index is 12.9. The molecule has 7 nitrogen and oxygen atoms in total. The Bertz CT molecular complexity index is 1160. The molecule has 184 valence electrons. The highest BCUT2D eigenvalue weighted by molar-refractivity contribution is 7.15. The Morgan fingerprint density at radius 3 is 2.29 bits per heavy atom. The minimum Gasteiger partial charge on any atom is -0.444 e. The molecule has 1 fully saturated rings. The third-order valence-corrected chi connectivity index (χ3v) is 6.62. The van der Waals surface area contributed by atoms with Gasteiger partial charge in [0.05, 0.1) is 11.4 Å². The predicted octanol–water partition coefficient (Wildman–Crippen LogP) is 6.40. The maximum atomic E-state index is 12.9. The van der Waals surface area contributed by atoms with Crippen LogP contribution >= 0.6 is 11.3 Å². The average Bonchev–Trinajstić information content (AvgIpc) is 3.28. The molecule has 2 N–H and O–H groups in total. The number of rotatable bonds is 6. The number of nitrogens with one attached hydrogen (secondary N) is 2. The molecular weight excluding hydrogens is 460 g/mol. The lowest BCUT2D eigenvalue weighted by molar-refractivity contribution is 0.0635. The number of hydrogen-bond donors (Lipinski definition) is 2. The lowest BCUT2D eigenvalue weighted by atomic mass is 10.1. The van der Waals surface area contributed by atoms with Crippen molar-refractivity contribution in [2.24, 2.45) is 0 Å². The van der Waals surface area contributed by atoms with Gasteiger partial charge in [-0.3, -0.25) is 15.0 Å². The number of ether oxygens (including phenoxy) is 1. The summed E-state index contributed by atoms with van der Waals surface area (Å²) in [6.07, 6.45) is 5.26. The van der Waals surface area contributed by atoms with Crippen LogP contribution in [0.4, 0.5) is 16.2 Å². The third-order valence-electron chi connectivity index (χ3n) is 5.59. The van der Waals surface area contributed by atoms with Crippen LogP contribution in [0, 0.1) is 0 Å². The van der Waals surface area contributed by atoms with Gasteiger partial charge in [0.25, 0.3) is 5.91 Å². The zero-order chi connectivity index (χ0) is 24.8. The number of hydrogen-bond acceptors (Lipinski definition) is 6. The smallest absolute Gasteiger partial charge is 0.412 e. The summed E-state index contributed by atoms with van der Waals surface area (Å²) >= 11 is 1.70. The molecule has 1 aliphatic rings. The molecule has 2 amide bonds. The number of aromatic nitrogens is 1. The highest BCUT2D eigenvalue weighted by atomic mass is 32.1. The molecule has 8 heteroatoms. The second-order valence-electron chi connectivity index (χ2n) is 9.67. The van der Waals surface area contributed by atoms with Crippen LogP contribution in [0.1, 0.15) is 55.3 Å². The Balaban J connectivity index is 1.39. The highest BCUT2D eigenvalue weighted by Gasteiger charge is 2.18. The summed E-state index contributed by atoms with van der Waals surface area (Å²) in [5, 5.41) is 6.53. The molecule has 0 saturated carbocycles. The van der Waals surface area contributed by atoms with Crippen LogP contribution in [0.5, 0.6) is 0 Å². The standard InChI is InChI=1S/C27H32N4O3S/c1-27(2,3)34-26(33)30-23-10-6-5-9-22(23)29-24(32)19-11-13-20(14-12-19)25-28-17-21(35-25)18-31-15-7-4-8-16-31/h5-6,9-14,17H,4,7-8,15-16,18H2,1-3H3,(H,29,32)(H,30,33). The molecular formula is C27H32N4O3S. The van der Waals surface area contributed by atoms with Crippen molar-refractivity contribution < 1.29 is 14.3 Å². The Morgan fingerprint density at radius 1 is 0.971 bits per heavy atom. The first-order valence-corrected chi connectivity index (χ1v) is 12.8. The van der Waals surface area contributed by atoms with Crippen molar-refractivity contribution in [2.45, 2.75) is 52.2 Å². The van der Waals surface area contributed by atoms with Crippen LogP contribution < -0.4 is 10.6 Å². The Labute approximate surface area is 210 Å². The lowest BCUT2D eigenvalue weighted by Gasteiger charge is -2.25. The zero-order valence-corrected chi connectivity index (χ0v) is 21.3. The first-order chi connectivity index (χ1) is 16.8. The van der Waals surface area contributed by atoms with E-state index in [1.807, 2.05) is 18.3 Å². The highest BCUT2D eigenvalue weighted by Crippen LogP contribution is 2.28. The third kappa shape index (κ3) is 7.13. The number of thiazole rings is 1. The molecule has 0 spiro atoms. The summed E-state index contributed by atoms with van der Waals surface area (Å²) in [5.74, 6) is -0.264. The minimum absolute atomic E-state index is 0.264. The second kappa shape index (κ2) is 11.0. The fourth-order valence-electron chi connectivity index (χ4n) is 3.93. The number of carbonyl (C=O) groups excluding carboxylic acids is 2. The summed E-state index contributed by atoms with van der Waals surface area (Å²) in [6, 6.07) is 14.5. The predicted molar refractivity (Wildman–Crippen MR) is 141 cm³/mol. The molecule has 2 heterocycles. The van der Waals surface area contributed by atoms with E-state index in [1.54, 1.807) is 68.5 Å². The molecule has 0 atom stereocenters. The molecule has 0 radical (unpaired) electrons. The van der Waals surface area contributed by atoms with Crippen LogP contribution in [0.15, 0.2) is 54.7 Å². The van der Waals surface area contributed by atoms with Crippen LogP contribution in [0.25, 0.3) is 10.6 Å². The van der Waals surface area contributed by atoms with Gasteiger partial charge in [-0.15, -0.1) is 11.3 Å². The van der Waals surface area contributed by atoms with Crippen molar-refractivity contribution in [2.75, 3.05) is 23.7 Å². The van der Waals surface area contributed by atoms with Crippen molar-refractivity contribution in [3.05, 3.63) is 65.2 Å². The van der Waals surface area contributed by atoms with Gasteiger partial charge in [0.15, 0.2) is 0 Å². The second-order valence-corrected chi connectivity index (χ2v) is 10.8. The van der Waals surface area contributed by atoms with Gasteiger partial charge in [-0.05, 0) is 71.0 Å². The number of para-hydroxylation sites is 2. The number of amides is 2. The van der Waals surface area contributed by atoms with E-state index in [4.69, 9.17) is 4.74 Å². The fraction of sp³-hybridized carbons (Fsp3) is 0.370. The Morgan fingerprint density at radius 2 is 1.63 bits per heavy atom. The molecule has 1 saturated heterocycles. The molecule has 35 heavy (non-hydrogen) atoms. The molecule has 0 unspecified atom stereocenters. The van der Waals surface area contributed by atoms with E-state index in [0.717, 1.165) is 30.2 Å². The van der Waals surface area contributed by atoms with Crippen molar-refractivity contribution >= 4 is 34.7 Å². The first kappa shape index (κ1) is 24.9. The number of nitrogens with zero attached hydrogens (tertiary/aromatic N) is 2. The van der Waals surface area contributed by atoms with E-state index >= 15 is 0 Å². The SMILES string of the molecule is CC(C)(C)OC(=O)Nc1ccccc1NC(=O)c1ccc(-c2ncc(CN3CCCCC3)s2)cc1. The number of anilines is 2. The quantitative estimate of drug-likeness (QED) is 0.416. The van der Waals surface area contributed by atoms with Crippen molar-refractivity contribution in [3.63, 3.8) is 0 Å². The number of likely N-dealkylation sites (tertiary alicyclic amines) is 1. The Hall–Kier alpha value is -3.23. The molecule has 3 aromatic rings. The van der Waals surface area contributed by atoms with Crippen LogP contribution in [-0.4, -0.2) is 40.6 Å². The average molecular weight is 493 g/mol. The van der Waals surface area contributed by atoms with Crippen molar-refractivity contribution in [1.82, 2.24) is 9.88 Å². The number of piperidine rings is 1. The molecule has 0 aliphatic carbocycles. The molecule has 1 aliphatic heterocycles. The van der Waals surface area contributed by atoms with Gasteiger partial charge in [-0.2, -0.15) is 0 Å².